The van der Waals surface area contributed by atoms with Crippen molar-refractivity contribution in [1.29, 1.82) is 0 Å². The Kier molecular flexibility index (Phi) is 5.98. The molecule has 3 rings (SSSR count). The van der Waals surface area contributed by atoms with Gasteiger partial charge in [-0.15, -0.1) is 0 Å². The molecule has 2 atom stereocenters. The highest BCUT2D eigenvalue weighted by Gasteiger charge is 2.27. The summed E-state index contributed by atoms with van der Waals surface area (Å²) in [6.45, 7) is 2.30. The molecule has 0 heterocycles. The smallest absolute Gasteiger partial charge is 0.142 e. The summed E-state index contributed by atoms with van der Waals surface area (Å²) in [6, 6.07) is 20.3. The Morgan fingerprint density at radius 2 is 1.64 bits per heavy atom. The molecule has 2 unspecified atom stereocenters. The average molecular weight is 338 g/mol. The van der Waals surface area contributed by atoms with Gasteiger partial charge in [0.05, 0.1) is 18.8 Å². The maximum Gasteiger partial charge on any atom is 0.142 e. The number of hydrogen-bond acceptors (Lipinski definition) is 3. The van der Waals surface area contributed by atoms with Crippen LogP contribution in [0.15, 0.2) is 54.6 Å². The number of para-hydroxylation sites is 2. The molecule has 1 aliphatic rings. The van der Waals surface area contributed by atoms with Gasteiger partial charge in [-0.05, 0) is 37.5 Å². The summed E-state index contributed by atoms with van der Waals surface area (Å²) in [5, 5.41) is 3.94. The number of benzene rings is 2. The molecule has 0 radical (unpaired) electrons. The van der Waals surface area contributed by atoms with Crippen LogP contribution >= 0.6 is 0 Å². The van der Waals surface area contributed by atoms with Crippen LogP contribution in [-0.4, -0.2) is 26.2 Å². The van der Waals surface area contributed by atoms with Gasteiger partial charge in [-0.25, -0.2) is 0 Å². The van der Waals surface area contributed by atoms with Crippen molar-refractivity contribution < 1.29 is 4.74 Å². The van der Waals surface area contributed by atoms with Crippen LogP contribution in [0, 0.1) is 0 Å². The first-order chi connectivity index (χ1) is 12.2. The zero-order valence-electron chi connectivity index (χ0n) is 15.6. The highest BCUT2D eigenvalue weighted by atomic mass is 16.5. The van der Waals surface area contributed by atoms with E-state index in [9.17, 15) is 0 Å². The third-order valence-corrected chi connectivity index (χ3v) is 5.49. The van der Waals surface area contributed by atoms with E-state index >= 15 is 0 Å². The van der Waals surface area contributed by atoms with Gasteiger partial charge in [0.25, 0.3) is 0 Å². The fourth-order valence-corrected chi connectivity index (χ4v) is 3.88. The van der Waals surface area contributed by atoms with Crippen LogP contribution in [0.25, 0.3) is 0 Å². The average Bonchev–Trinajstić information content (AvgIpc) is 3.19. The van der Waals surface area contributed by atoms with Crippen LogP contribution in [0.2, 0.25) is 0 Å². The number of methoxy groups -OCH3 is 1. The third-order valence-electron chi connectivity index (χ3n) is 5.49. The molecule has 0 amide bonds. The number of rotatable bonds is 7. The molecule has 1 N–H and O–H groups in total. The number of anilines is 1. The summed E-state index contributed by atoms with van der Waals surface area (Å²) in [4.78, 5) is 2.33. The van der Waals surface area contributed by atoms with E-state index in [-0.39, 0.29) is 0 Å². The highest BCUT2D eigenvalue weighted by molar-refractivity contribution is 5.58. The molecule has 1 saturated carbocycles. The van der Waals surface area contributed by atoms with Crippen molar-refractivity contribution >= 4 is 5.69 Å². The van der Waals surface area contributed by atoms with Gasteiger partial charge in [-0.2, -0.15) is 0 Å². The van der Waals surface area contributed by atoms with E-state index in [1.807, 2.05) is 12.1 Å². The normalized spacial score (nSPS) is 17.2. The minimum atomic E-state index is 0.291. The molecule has 1 aliphatic carbocycles. The SMILES string of the molecule is COc1ccccc1N(C)C(C)C(NC1CCCC1)c1ccccc1. The zero-order valence-corrected chi connectivity index (χ0v) is 15.6. The third kappa shape index (κ3) is 4.16. The van der Waals surface area contributed by atoms with Crippen molar-refractivity contribution in [2.75, 3.05) is 19.1 Å². The lowest BCUT2D eigenvalue weighted by Crippen LogP contribution is -2.44. The molecule has 3 heteroatoms. The van der Waals surface area contributed by atoms with E-state index in [0.29, 0.717) is 18.1 Å². The van der Waals surface area contributed by atoms with Gasteiger partial charge in [0.15, 0.2) is 0 Å². The fourth-order valence-electron chi connectivity index (χ4n) is 3.88. The minimum absolute atomic E-state index is 0.291. The number of ether oxygens (including phenoxy) is 1. The van der Waals surface area contributed by atoms with E-state index in [1.54, 1.807) is 7.11 Å². The van der Waals surface area contributed by atoms with E-state index in [1.165, 1.54) is 31.2 Å². The monoisotopic (exact) mass is 338 g/mol. The van der Waals surface area contributed by atoms with Crippen molar-refractivity contribution in [3.05, 3.63) is 60.2 Å². The topological polar surface area (TPSA) is 24.5 Å². The highest BCUT2D eigenvalue weighted by Crippen LogP contribution is 2.32. The Balaban J connectivity index is 1.86. The molecular formula is C22H30N2O. The van der Waals surface area contributed by atoms with Gasteiger partial charge in [0.2, 0.25) is 0 Å². The minimum Gasteiger partial charge on any atom is -0.495 e. The predicted molar refractivity (Wildman–Crippen MR) is 105 cm³/mol. The molecular weight excluding hydrogens is 308 g/mol. The van der Waals surface area contributed by atoms with Crippen LogP contribution in [0.1, 0.15) is 44.2 Å². The predicted octanol–water partition coefficient (Wildman–Crippen LogP) is 4.79. The summed E-state index contributed by atoms with van der Waals surface area (Å²) in [5.41, 5.74) is 2.48. The summed E-state index contributed by atoms with van der Waals surface area (Å²) in [7, 11) is 3.90. The lowest BCUT2D eigenvalue weighted by molar-refractivity contribution is 0.383. The largest absolute Gasteiger partial charge is 0.495 e. The van der Waals surface area contributed by atoms with Crippen molar-refractivity contribution in [3.63, 3.8) is 0 Å². The molecule has 3 nitrogen and oxygen atoms in total. The molecule has 2 aromatic carbocycles. The molecule has 1 fully saturated rings. The van der Waals surface area contributed by atoms with Crippen LogP contribution in [-0.2, 0) is 0 Å². The first kappa shape index (κ1) is 17.8. The number of nitrogens with one attached hydrogen (secondary N) is 1. The van der Waals surface area contributed by atoms with Crippen LogP contribution in [0.4, 0.5) is 5.69 Å². The standard InChI is InChI=1S/C22H30N2O/c1-17(24(2)20-15-9-10-16-21(20)25-3)22(18-11-5-4-6-12-18)23-19-13-7-8-14-19/h4-6,9-12,15-17,19,22-23H,7-8,13-14H2,1-3H3. The second kappa shape index (κ2) is 8.39. The summed E-state index contributed by atoms with van der Waals surface area (Å²) < 4.78 is 5.57. The molecule has 0 saturated heterocycles. The quantitative estimate of drug-likeness (QED) is 0.785. The van der Waals surface area contributed by atoms with Crippen molar-refractivity contribution in [2.45, 2.75) is 50.7 Å². The van der Waals surface area contributed by atoms with Gasteiger partial charge in [0.1, 0.15) is 5.75 Å². The second-order valence-corrected chi connectivity index (χ2v) is 7.06. The van der Waals surface area contributed by atoms with Gasteiger partial charge in [0, 0.05) is 19.1 Å². The fraction of sp³-hybridized carbons (Fsp3) is 0.455. The summed E-state index contributed by atoms with van der Waals surface area (Å²) in [5.74, 6) is 0.921. The molecule has 25 heavy (non-hydrogen) atoms. The Labute approximate surface area is 152 Å². The number of nitrogens with zero attached hydrogens (tertiary/aromatic N) is 1. The van der Waals surface area contributed by atoms with Crippen molar-refractivity contribution in [2.24, 2.45) is 0 Å². The van der Waals surface area contributed by atoms with E-state index in [0.717, 1.165) is 11.4 Å². The van der Waals surface area contributed by atoms with E-state index in [4.69, 9.17) is 4.74 Å². The maximum atomic E-state index is 5.57. The second-order valence-electron chi connectivity index (χ2n) is 7.06. The summed E-state index contributed by atoms with van der Waals surface area (Å²) >= 11 is 0. The van der Waals surface area contributed by atoms with Crippen LogP contribution in [0.5, 0.6) is 5.75 Å². The van der Waals surface area contributed by atoms with Gasteiger partial charge < -0.3 is 15.0 Å². The van der Waals surface area contributed by atoms with Crippen LogP contribution in [0.3, 0.4) is 0 Å². The van der Waals surface area contributed by atoms with Gasteiger partial charge in [-0.1, -0.05) is 55.3 Å². The lowest BCUT2D eigenvalue weighted by atomic mass is 9.97. The van der Waals surface area contributed by atoms with Crippen molar-refractivity contribution in [3.8, 4) is 5.75 Å². The molecule has 0 spiro atoms. The molecule has 2 aromatic rings. The van der Waals surface area contributed by atoms with Gasteiger partial charge >= 0.3 is 0 Å². The van der Waals surface area contributed by atoms with E-state index in [2.05, 4.69) is 66.7 Å². The zero-order chi connectivity index (χ0) is 17.6. The molecule has 0 bridgehead atoms. The Hall–Kier alpha value is -2.00. The van der Waals surface area contributed by atoms with Crippen LogP contribution < -0.4 is 15.0 Å². The first-order valence-corrected chi connectivity index (χ1v) is 9.37. The lowest BCUT2D eigenvalue weighted by Gasteiger charge is -2.36. The Bertz CT molecular complexity index is 652. The molecule has 0 aromatic heterocycles. The molecule has 0 aliphatic heterocycles. The Morgan fingerprint density at radius 1 is 1.00 bits per heavy atom. The molecule has 134 valence electrons. The van der Waals surface area contributed by atoms with Gasteiger partial charge in [-0.3, -0.25) is 0 Å². The number of likely N-dealkylation sites (N-methyl/N-ethyl adjacent to an activating group) is 1. The van der Waals surface area contributed by atoms with E-state index < -0.39 is 0 Å². The summed E-state index contributed by atoms with van der Waals surface area (Å²) in [6.07, 6.45) is 5.26. The number of hydrogen-bond donors (Lipinski definition) is 1. The first-order valence-electron chi connectivity index (χ1n) is 9.37. The maximum absolute atomic E-state index is 5.57. The van der Waals surface area contributed by atoms with Crippen molar-refractivity contribution in [1.82, 2.24) is 5.32 Å². The Morgan fingerprint density at radius 3 is 2.32 bits per heavy atom.